The monoisotopic (exact) mass is 193 g/mol. The van der Waals surface area contributed by atoms with Gasteiger partial charge in [0.1, 0.15) is 5.78 Å². The van der Waals surface area contributed by atoms with Gasteiger partial charge < -0.3 is 4.90 Å². The molecule has 1 aliphatic heterocycles. The van der Waals surface area contributed by atoms with Crippen LogP contribution in [0.25, 0.3) is 0 Å². The zero-order valence-electron chi connectivity index (χ0n) is 8.29. The molecular weight excluding hydrogens is 178 g/mol. The summed E-state index contributed by atoms with van der Waals surface area (Å²) in [6, 6.07) is 0.246. The molecule has 1 amide bonds. The van der Waals surface area contributed by atoms with Crippen LogP contribution in [0.5, 0.6) is 0 Å². The second-order valence-electron chi connectivity index (χ2n) is 4.10. The molecule has 2 aliphatic rings. The maximum Gasteiger partial charge on any atom is 0.227 e. The number of likely N-dealkylation sites (tertiary alicyclic amines) is 1. The van der Waals surface area contributed by atoms with E-state index in [9.17, 15) is 9.59 Å². The normalized spacial score (nSPS) is 24.9. The van der Waals surface area contributed by atoms with Crippen LogP contribution < -0.4 is 0 Å². The van der Waals surface area contributed by atoms with Crippen molar-refractivity contribution in [3.05, 3.63) is 12.3 Å². The lowest BCUT2D eigenvalue weighted by Gasteiger charge is -2.31. The molecule has 0 bridgehead atoms. The Morgan fingerprint density at radius 3 is 2.21 bits per heavy atom. The molecule has 14 heavy (non-hydrogen) atoms. The van der Waals surface area contributed by atoms with Crippen molar-refractivity contribution < 1.29 is 9.59 Å². The maximum atomic E-state index is 11.5. The van der Waals surface area contributed by atoms with Gasteiger partial charge in [-0.2, -0.15) is 0 Å². The molecular formula is C11H15NO2. The predicted molar refractivity (Wildman–Crippen MR) is 52.5 cm³/mol. The third-order valence-corrected chi connectivity index (χ3v) is 3.11. The molecule has 1 saturated heterocycles. The SMILES string of the molecule is C=C1CCC(=O)N1C1CCC(=O)CC1. The van der Waals surface area contributed by atoms with E-state index in [1.165, 1.54) is 0 Å². The van der Waals surface area contributed by atoms with E-state index in [1.54, 1.807) is 0 Å². The Labute approximate surface area is 83.8 Å². The van der Waals surface area contributed by atoms with Crippen LogP contribution in [0.4, 0.5) is 0 Å². The number of hydrogen-bond acceptors (Lipinski definition) is 2. The van der Waals surface area contributed by atoms with E-state index in [0.29, 0.717) is 25.0 Å². The molecule has 3 nitrogen and oxygen atoms in total. The summed E-state index contributed by atoms with van der Waals surface area (Å²) in [6.45, 7) is 3.90. The third-order valence-electron chi connectivity index (χ3n) is 3.11. The summed E-state index contributed by atoms with van der Waals surface area (Å²) in [7, 11) is 0. The quantitative estimate of drug-likeness (QED) is 0.634. The first-order valence-electron chi connectivity index (χ1n) is 5.20. The highest BCUT2D eigenvalue weighted by Crippen LogP contribution is 2.29. The molecule has 0 spiro atoms. The summed E-state index contributed by atoms with van der Waals surface area (Å²) < 4.78 is 0. The first-order chi connectivity index (χ1) is 6.68. The van der Waals surface area contributed by atoms with Crippen LogP contribution in [0.15, 0.2) is 12.3 Å². The molecule has 1 aliphatic carbocycles. The molecule has 76 valence electrons. The molecule has 0 aromatic carbocycles. The molecule has 2 rings (SSSR count). The molecule has 0 N–H and O–H groups in total. The van der Waals surface area contributed by atoms with Crippen molar-refractivity contribution in [2.75, 3.05) is 0 Å². The number of Topliss-reactive ketones (excluding diaryl/α,β-unsaturated/α-hetero) is 1. The molecule has 0 atom stereocenters. The molecule has 1 heterocycles. The predicted octanol–water partition coefficient (Wildman–Crippen LogP) is 1.63. The summed E-state index contributed by atoms with van der Waals surface area (Å²) in [4.78, 5) is 24.4. The number of ketones is 1. The standard InChI is InChI=1S/C11H15NO2/c1-8-2-7-11(14)12(8)9-3-5-10(13)6-4-9/h9H,1-7H2. The van der Waals surface area contributed by atoms with Crippen LogP contribution >= 0.6 is 0 Å². The minimum Gasteiger partial charge on any atom is -0.314 e. The Kier molecular flexibility index (Phi) is 2.40. The van der Waals surface area contributed by atoms with E-state index in [4.69, 9.17) is 0 Å². The minimum absolute atomic E-state index is 0.189. The van der Waals surface area contributed by atoms with Gasteiger partial charge in [-0.05, 0) is 19.3 Å². The van der Waals surface area contributed by atoms with Gasteiger partial charge in [-0.1, -0.05) is 6.58 Å². The largest absolute Gasteiger partial charge is 0.314 e. The van der Waals surface area contributed by atoms with Crippen LogP contribution in [0.3, 0.4) is 0 Å². The number of rotatable bonds is 1. The topological polar surface area (TPSA) is 37.4 Å². The molecule has 2 fully saturated rings. The summed E-state index contributed by atoms with van der Waals surface area (Å²) in [5, 5.41) is 0. The molecule has 0 aromatic heterocycles. The van der Waals surface area contributed by atoms with Crippen molar-refractivity contribution in [3.63, 3.8) is 0 Å². The Bertz CT molecular complexity index is 270. The lowest BCUT2D eigenvalue weighted by Crippen LogP contribution is -2.37. The van der Waals surface area contributed by atoms with Crippen molar-refractivity contribution in [1.29, 1.82) is 0 Å². The van der Waals surface area contributed by atoms with Gasteiger partial charge >= 0.3 is 0 Å². The minimum atomic E-state index is 0.189. The number of amides is 1. The van der Waals surface area contributed by atoms with Gasteiger partial charge in [0.15, 0.2) is 0 Å². The van der Waals surface area contributed by atoms with E-state index in [0.717, 1.165) is 25.0 Å². The van der Waals surface area contributed by atoms with Crippen LogP contribution in [0.1, 0.15) is 38.5 Å². The van der Waals surface area contributed by atoms with Gasteiger partial charge in [-0.25, -0.2) is 0 Å². The van der Waals surface area contributed by atoms with E-state index in [1.807, 2.05) is 4.90 Å². The summed E-state index contributed by atoms with van der Waals surface area (Å²) in [6.07, 6.45) is 4.29. The highest BCUT2D eigenvalue weighted by molar-refractivity contribution is 5.83. The molecule has 0 radical (unpaired) electrons. The van der Waals surface area contributed by atoms with Crippen LogP contribution in [0, 0.1) is 0 Å². The average molecular weight is 193 g/mol. The second kappa shape index (κ2) is 3.56. The van der Waals surface area contributed by atoms with E-state index >= 15 is 0 Å². The van der Waals surface area contributed by atoms with E-state index in [-0.39, 0.29) is 11.9 Å². The smallest absolute Gasteiger partial charge is 0.227 e. The Morgan fingerprint density at radius 2 is 1.71 bits per heavy atom. The summed E-state index contributed by atoms with van der Waals surface area (Å²) in [5.41, 5.74) is 0.939. The van der Waals surface area contributed by atoms with E-state index < -0.39 is 0 Å². The third kappa shape index (κ3) is 1.59. The second-order valence-corrected chi connectivity index (χ2v) is 4.10. The fourth-order valence-electron chi connectivity index (χ4n) is 2.31. The van der Waals surface area contributed by atoms with Gasteiger partial charge in [0, 0.05) is 31.0 Å². The zero-order chi connectivity index (χ0) is 10.1. The average Bonchev–Trinajstić information content (AvgIpc) is 2.49. The maximum absolute atomic E-state index is 11.5. The number of carbonyl (C=O) groups is 2. The van der Waals surface area contributed by atoms with Crippen molar-refractivity contribution in [2.45, 2.75) is 44.6 Å². The Hall–Kier alpha value is -1.12. The van der Waals surface area contributed by atoms with Gasteiger partial charge in [-0.3, -0.25) is 9.59 Å². The Balaban J connectivity index is 2.04. The first-order valence-corrected chi connectivity index (χ1v) is 5.20. The van der Waals surface area contributed by atoms with Crippen molar-refractivity contribution in [1.82, 2.24) is 4.90 Å². The van der Waals surface area contributed by atoms with Crippen molar-refractivity contribution in [3.8, 4) is 0 Å². The molecule has 0 unspecified atom stereocenters. The fraction of sp³-hybridized carbons (Fsp3) is 0.636. The van der Waals surface area contributed by atoms with Gasteiger partial charge in [-0.15, -0.1) is 0 Å². The van der Waals surface area contributed by atoms with Crippen LogP contribution in [-0.2, 0) is 9.59 Å². The number of carbonyl (C=O) groups excluding carboxylic acids is 2. The summed E-state index contributed by atoms with van der Waals surface area (Å²) in [5.74, 6) is 0.521. The molecule has 3 heteroatoms. The van der Waals surface area contributed by atoms with E-state index in [2.05, 4.69) is 6.58 Å². The number of nitrogens with zero attached hydrogens (tertiary/aromatic N) is 1. The fourth-order valence-corrected chi connectivity index (χ4v) is 2.31. The van der Waals surface area contributed by atoms with Crippen molar-refractivity contribution >= 4 is 11.7 Å². The van der Waals surface area contributed by atoms with Crippen molar-refractivity contribution in [2.24, 2.45) is 0 Å². The Morgan fingerprint density at radius 1 is 1.07 bits per heavy atom. The van der Waals surface area contributed by atoms with Gasteiger partial charge in [0.25, 0.3) is 0 Å². The summed E-state index contributed by atoms with van der Waals surface area (Å²) >= 11 is 0. The highest BCUT2D eigenvalue weighted by atomic mass is 16.2. The van der Waals surface area contributed by atoms with Crippen LogP contribution in [0.2, 0.25) is 0 Å². The zero-order valence-corrected chi connectivity index (χ0v) is 8.29. The highest BCUT2D eigenvalue weighted by Gasteiger charge is 2.32. The lowest BCUT2D eigenvalue weighted by molar-refractivity contribution is -0.131. The van der Waals surface area contributed by atoms with Gasteiger partial charge in [0.2, 0.25) is 5.91 Å². The molecule has 0 aromatic rings. The van der Waals surface area contributed by atoms with Gasteiger partial charge in [0.05, 0.1) is 0 Å². The van der Waals surface area contributed by atoms with Crippen LogP contribution in [-0.4, -0.2) is 22.6 Å². The molecule has 1 saturated carbocycles. The number of allylic oxidation sites excluding steroid dienone is 1. The number of hydrogen-bond donors (Lipinski definition) is 0. The first kappa shape index (κ1) is 9.44. The lowest BCUT2D eigenvalue weighted by atomic mass is 9.93.